The van der Waals surface area contributed by atoms with Crippen LogP contribution >= 0.6 is 11.8 Å². The third-order valence-electron chi connectivity index (χ3n) is 4.57. The maximum atomic E-state index is 14.0. The molecule has 0 aromatic heterocycles. The maximum Gasteiger partial charge on any atom is 0.228 e. The Labute approximate surface area is 166 Å². The van der Waals surface area contributed by atoms with E-state index in [0.29, 0.717) is 23.8 Å². The average Bonchev–Trinajstić information content (AvgIpc) is 3.18. The van der Waals surface area contributed by atoms with Crippen LogP contribution in [-0.2, 0) is 11.2 Å². The van der Waals surface area contributed by atoms with Gasteiger partial charge >= 0.3 is 0 Å². The summed E-state index contributed by atoms with van der Waals surface area (Å²) < 4.78 is 43.2. The van der Waals surface area contributed by atoms with E-state index in [1.807, 2.05) is 0 Å². The number of amides is 1. The molecule has 0 spiro atoms. The van der Waals surface area contributed by atoms with Crippen molar-refractivity contribution in [1.29, 1.82) is 0 Å². The van der Waals surface area contributed by atoms with Gasteiger partial charge in [-0.05, 0) is 17.7 Å². The van der Waals surface area contributed by atoms with Gasteiger partial charge in [0.25, 0.3) is 0 Å². The standard InChI is InChI=1S/C20H21F2NO4S/c1-25-16-11-18(27-3)17(26-2)10-14(16)20-23(6-7-28-20)19(24)8-12-4-5-13(21)9-15(12)22/h4-5,9-11,20H,6-8H2,1-3H3. The highest BCUT2D eigenvalue weighted by Crippen LogP contribution is 2.46. The van der Waals surface area contributed by atoms with Gasteiger partial charge in [0.15, 0.2) is 11.5 Å². The van der Waals surface area contributed by atoms with Crippen molar-refractivity contribution < 1.29 is 27.8 Å². The first kappa shape index (κ1) is 20.3. The van der Waals surface area contributed by atoms with E-state index in [9.17, 15) is 13.6 Å². The predicted octanol–water partition coefficient (Wildman–Crippen LogP) is 3.81. The molecule has 0 saturated carbocycles. The molecule has 2 aromatic carbocycles. The van der Waals surface area contributed by atoms with Gasteiger partial charge in [0.1, 0.15) is 22.8 Å². The zero-order valence-electron chi connectivity index (χ0n) is 15.8. The van der Waals surface area contributed by atoms with E-state index in [1.165, 1.54) is 20.3 Å². The fourth-order valence-electron chi connectivity index (χ4n) is 3.16. The van der Waals surface area contributed by atoms with Gasteiger partial charge in [-0.25, -0.2) is 8.78 Å². The number of nitrogens with zero attached hydrogens (tertiary/aromatic N) is 1. The molecule has 1 saturated heterocycles. The lowest BCUT2D eigenvalue weighted by molar-refractivity contribution is -0.130. The second-order valence-electron chi connectivity index (χ2n) is 6.17. The van der Waals surface area contributed by atoms with Crippen LogP contribution in [0.2, 0.25) is 0 Å². The van der Waals surface area contributed by atoms with Crippen molar-refractivity contribution in [3.05, 3.63) is 53.1 Å². The molecule has 3 rings (SSSR count). The van der Waals surface area contributed by atoms with Crippen LogP contribution in [-0.4, -0.2) is 44.4 Å². The van der Waals surface area contributed by atoms with Gasteiger partial charge in [-0.15, -0.1) is 11.8 Å². The summed E-state index contributed by atoms with van der Waals surface area (Å²) in [7, 11) is 4.62. The monoisotopic (exact) mass is 409 g/mol. The van der Waals surface area contributed by atoms with Gasteiger partial charge in [-0.3, -0.25) is 4.79 Å². The van der Waals surface area contributed by atoms with Crippen LogP contribution in [0.15, 0.2) is 30.3 Å². The van der Waals surface area contributed by atoms with Gasteiger partial charge in [-0.1, -0.05) is 6.07 Å². The number of hydrogen-bond acceptors (Lipinski definition) is 5. The summed E-state index contributed by atoms with van der Waals surface area (Å²) >= 11 is 1.59. The first-order valence-corrected chi connectivity index (χ1v) is 9.68. The van der Waals surface area contributed by atoms with Crippen LogP contribution in [0.25, 0.3) is 0 Å². The fourth-order valence-corrected chi connectivity index (χ4v) is 4.45. The number of ether oxygens (including phenoxy) is 3. The molecular weight excluding hydrogens is 388 g/mol. The van der Waals surface area contributed by atoms with Gasteiger partial charge < -0.3 is 19.1 Å². The van der Waals surface area contributed by atoms with Gasteiger partial charge in [0, 0.05) is 30.0 Å². The molecule has 1 aliphatic heterocycles. The summed E-state index contributed by atoms with van der Waals surface area (Å²) in [4.78, 5) is 14.5. The van der Waals surface area contributed by atoms with Gasteiger partial charge in [0.05, 0.1) is 27.8 Å². The summed E-state index contributed by atoms with van der Waals surface area (Å²) in [6, 6.07) is 6.75. The number of hydrogen-bond donors (Lipinski definition) is 0. The molecule has 0 bridgehead atoms. The molecule has 1 fully saturated rings. The number of carbonyl (C=O) groups excluding carboxylic acids is 1. The molecule has 0 radical (unpaired) electrons. The van der Waals surface area contributed by atoms with E-state index >= 15 is 0 Å². The third kappa shape index (κ3) is 4.01. The van der Waals surface area contributed by atoms with Crippen molar-refractivity contribution in [3.63, 3.8) is 0 Å². The number of benzene rings is 2. The van der Waals surface area contributed by atoms with E-state index in [2.05, 4.69) is 0 Å². The highest BCUT2D eigenvalue weighted by atomic mass is 32.2. The Balaban J connectivity index is 1.89. The van der Waals surface area contributed by atoms with Crippen LogP contribution in [0.1, 0.15) is 16.5 Å². The minimum atomic E-state index is -0.722. The largest absolute Gasteiger partial charge is 0.496 e. The summed E-state index contributed by atoms with van der Waals surface area (Å²) in [6.07, 6.45) is -0.140. The molecule has 1 unspecified atom stereocenters. The predicted molar refractivity (Wildman–Crippen MR) is 103 cm³/mol. The topological polar surface area (TPSA) is 48.0 Å². The summed E-state index contributed by atoms with van der Waals surface area (Å²) in [5.41, 5.74) is 0.942. The van der Waals surface area contributed by atoms with E-state index in [0.717, 1.165) is 23.4 Å². The number of halogens is 2. The van der Waals surface area contributed by atoms with Crippen LogP contribution < -0.4 is 14.2 Å². The number of methoxy groups -OCH3 is 3. The van der Waals surface area contributed by atoms with Crippen LogP contribution in [0.3, 0.4) is 0 Å². The average molecular weight is 409 g/mol. The second-order valence-corrected chi connectivity index (χ2v) is 7.36. The first-order chi connectivity index (χ1) is 13.5. The number of thioether (sulfide) groups is 1. The molecule has 28 heavy (non-hydrogen) atoms. The molecular formula is C20H21F2NO4S. The van der Waals surface area contributed by atoms with Crippen molar-refractivity contribution in [2.24, 2.45) is 0 Å². The molecule has 1 atom stereocenters. The van der Waals surface area contributed by atoms with Crippen LogP contribution in [0.5, 0.6) is 17.2 Å². The Morgan fingerprint density at radius 1 is 1.07 bits per heavy atom. The summed E-state index contributed by atoms with van der Waals surface area (Å²) in [5, 5.41) is -0.300. The van der Waals surface area contributed by atoms with E-state index in [4.69, 9.17) is 14.2 Å². The molecule has 8 heteroatoms. The minimum Gasteiger partial charge on any atom is -0.496 e. The lowest BCUT2D eigenvalue weighted by Crippen LogP contribution is -2.32. The molecule has 1 amide bonds. The molecule has 1 aliphatic rings. The first-order valence-electron chi connectivity index (χ1n) is 8.63. The van der Waals surface area contributed by atoms with Crippen molar-refractivity contribution >= 4 is 17.7 Å². The third-order valence-corrected chi connectivity index (χ3v) is 5.81. The Morgan fingerprint density at radius 3 is 2.39 bits per heavy atom. The molecule has 1 heterocycles. The summed E-state index contributed by atoms with van der Waals surface area (Å²) in [6.45, 7) is 0.522. The highest BCUT2D eigenvalue weighted by molar-refractivity contribution is 7.99. The van der Waals surface area contributed by atoms with Crippen molar-refractivity contribution in [2.45, 2.75) is 11.8 Å². The van der Waals surface area contributed by atoms with Crippen molar-refractivity contribution in [2.75, 3.05) is 33.6 Å². The van der Waals surface area contributed by atoms with Gasteiger partial charge in [-0.2, -0.15) is 0 Å². The zero-order valence-corrected chi connectivity index (χ0v) is 16.6. The Morgan fingerprint density at radius 2 is 1.75 bits per heavy atom. The van der Waals surface area contributed by atoms with Crippen LogP contribution in [0, 0.1) is 11.6 Å². The quantitative estimate of drug-likeness (QED) is 0.726. The smallest absolute Gasteiger partial charge is 0.228 e. The SMILES string of the molecule is COc1cc(OC)c(C2SCCN2C(=O)Cc2ccc(F)cc2F)cc1OC. The number of carbonyl (C=O) groups is 1. The Kier molecular flexibility index (Phi) is 6.28. The van der Waals surface area contributed by atoms with Crippen molar-refractivity contribution in [3.8, 4) is 17.2 Å². The lowest BCUT2D eigenvalue weighted by atomic mass is 10.1. The maximum absolute atomic E-state index is 14.0. The van der Waals surface area contributed by atoms with Crippen LogP contribution in [0.4, 0.5) is 8.78 Å². The molecule has 150 valence electrons. The fraction of sp³-hybridized carbons (Fsp3) is 0.350. The summed E-state index contributed by atoms with van der Waals surface area (Å²) in [5.74, 6) is 0.735. The normalized spacial score (nSPS) is 16.2. The van der Waals surface area contributed by atoms with Gasteiger partial charge in [0.2, 0.25) is 5.91 Å². The molecule has 2 aromatic rings. The molecule has 5 nitrogen and oxygen atoms in total. The molecule has 0 N–H and O–H groups in total. The number of rotatable bonds is 6. The minimum absolute atomic E-state index is 0.140. The lowest BCUT2D eigenvalue weighted by Gasteiger charge is -2.26. The van der Waals surface area contributed by atoms with E-state index < -0.39 is 11.6 Å². The van der Waals surface area contributed by atoms with Crippen molar-refractivity contribution in [1.82, 2.24) is 4.90 Å². The molecule has 0 aliphatic carbocycles. The second kappa shape index (κ2) is 8.68. The van der Waals surface area contributed by atoms with E-state index in [-0.39, 0.29) is 23.3 Å². The Hall–Kier alpha value is -2.48. The Bertz CT molecular complexity index is 878. The highest BCUT2D eigenvalue weighted by Gasteiger charge is 2.33. The van der Waals surface area contributed by atoms with E-state index in [1.54, 1.807) is 35.9 Å². The zero-order chi connectivity index (χ0) is 20.3.